The van der Waals surface area contributed by atoms with E-state index in [1.54, 1.807) is 0 Å². The van der Waals surface area contributed by atoms with Crippen LogP contribution in [0.2, 0.25) is 0 Å². The Labute approximate surface area is 150 Å². The van der Waals surface area contributed by atoms with E-state index in [0.717, 1.165) is 33.1 Å². The van der Waals surface area contributed by atoms with Crippen molar-refractivity contribution in [2.24, 2.45) is 0 Å². The highest BCUT2D eigenvalue weighted by atomic mass is 16.3. The Morgan fingerprint density at radius 3 is 2.50 bits per heavy atom. The molecule has 3 heterocycles. The fraction of sp³-hybridized carbons (Fsp3) is 0.130. The summed E-state index contributed by atoms with van der Waals surface area (Å²) in [6.07, 6.45) is 3.73. The minimum Gasteiger partial charge on any atom is -0.456 e. The molecule has 3 nitrogen and oxygen atoms in total. The Bertz CT molecular complexity index is 1360. The molecule has 6 rings (SSSR count). The quantitative estimate of drug-likeness (QED) is 0.357. The number of furan rings is 1. The van der Waals surface area contributed by atoms with E-state index < -0.39 is 0 Å². The molecule has 0 bridgehead atoms. The summed E-state index contributed by atoms with van der Waals surface area (Å²) in [6.45, 7) is 4.55. The molecule has 5 aromatic rings. The second-order valence-electron chi connectivity index (χ2n) is 7.50. The van der Waals surface area contributed by atoms with Crippen LogP contribution >= 0.6 is 0 Å². The number of pyridine rings is 2. The van der Waals surface area contributed by atoms with Gasteiger partial charge in [0.05, 0.1) is 16.6 Å². The van der Waals surface area contributed by atoms with Crippen LogP contribution < -0.4 is 0 Å². The maximum Gasteiger partial charge on any atom is 0.137 e. The van der Waals surface area contributed by atoms with E-state index in [2.05, 4.69) is 60.2 Å². The lowest BCUT2D eigenvalue weighted by Crippen LogP contribution is -2.15. The maximum absolute atomic E-state index is 6.22. The molecule has 0 radical (unpaired) electrons. The van der Waals surface area contributed by atoms with Crippen molar-refractivity contribution in [3.05, 3.63) is 72.1 Å². The zero-order valence-corrected chi connectivity index (χ0v) is 14.6. The Morgan fingerprint density at radius 1 is 0.808 bits per heavy atom. The molecule has 0 saturated carbocycles. The number of hydrogen-bond acceptors (Lipinski definition) is 3. The number of nitrogens with zero attached hydrogens (tertiary/aromatic N) is 2. The first-order valence-corrected chi connectivity index (χ1v) is 8.85. The van der Waals surface area contributed by atoms with Gasteiger partial charge in [-0.15, -0.1) is 0 Å². The lowest BCUT2D eigenvalue weighted by Gasteiger charge is -2.21. The summed E-state index contributed by atoms with van der Waals surface area (Å²) in [5.74, 6) is 0. The third kappa shape index (κ3) is 1.54. The number of aromatic nitrogens is 2. The molecule has 0 aliphatic heterocycles. The summed E-state index contributed by atoms with van der Waals surface area (Å²) >= 11 is 0. The molecule has 124 valence electrons. The van der Waals surface area contributed by atoms with Gasteiger partial charge in [0.25, 0.3) is 0 Å². The second-order valence-corrected chi connectivity index (χ2v) is 7.50. The van der Waals surface area contributed by atoms with E-state index in [4.69, 9.17) is 4.42 Å². The van der Waals surface area contributed by atoms with Gasteiger partial charge in [-0.1, -0.05) is 26.0 Å². The van der Waals surface area contributed by atoms with Gasteiger partial charge in [-0.3, -0.25) is 9.97 Å². The highest BCUT2D eigenvalue weighted by Crippen LogP contribution is 2.52. The molecular formula is C23H16N2O. The lowest BCUT2D eigenvalue weighted by atomic mass is 9.80. The van der Waals surface area contributed by atoms with Gasteiger partial charge >= 0.3 is 0 Å². The summed E-state index contributed by atoms with van der Waals surface area (Å²) in [5.41, 5.74) is 7.51. The highest BCUT2D eigenvalue weighted by Gasteiger charge is 2.39. The molecule has 26 heavy (non-hydrogen) atoms. The maximum atomic E-state index is 6.22. The SMILES string of the molecule is CC1(C)c2cccnc2-c2ccc3oc4ccc5cccnc5c4c3c21. The lowest BCUT2D eigenvalue weighted by molar-refractivity contribution is 0.656. The summed E-state index contributed by atoms with van der Waals surface area (Å²) in [6, 6.07) is 16.6. The fourth-order valence-corrected chi connectivity index (χ4v) is 4.59. The van der Waals surface area contributed by atoms with Gasteiger partial charge in [-0.05, 0) is 47.5 Å². The van der Waals surface area contributed by atoms with Crippen LogP contribution in [0.1, 0.15) is 25.0 Å². The molecule has 0 fully saturated rings. The highest BCUT2D eigenvalue weighted by molar-refractivity contribution is 6.20. The van der Waals surface area contributed by atoms with Gasteiger partial charge < -0.3 is 4.42 Å². The smallest absolute Gasteiger partial charge is 0.137 e. The van der Waals surface area contributed by atoms with Crippen molar-refractivity contribution in [3.63, 3.8) is 0 Å². The van der Waals surface area contributed by atoms with Gasteiger partial charge in [0.15, 0.2) is 0 Å². The van der Waals surface area contributed by atoms with E-state index in [1.807, 2.05) is 24.5 Å². The summed E-state index contributed by atoms with van der Waals surface area (Å²) < 4.78 is 6.22. The van der Waals surface area contributed by atoms with Gasteiger partial charge in [-0.25, -0.2) is 0 Å². The van der Waals surface area contributed by atoms with E-state index in [0.29, 0.717) is 0 Å². The summed E-state index contributed by atoms with van der Waals surface area (Å²) in [7, 11) is 0. The Morgan fingerprint density at radius 2 is 1.58 bits per heavy atom. The van der Waals surface area contributed by atoms with Gasteiger partial charge in [0.1, 0.15) is 11.2 Å². The fourth-order valence-electron chi connectivity index (χ4n) is 4.59. The van der Waals surface area contributed by atoms with Crippen LogP contribution in [0, 0.1) is 0 Å². The second kappa shape index (κ2) is 4.50. The number of benzene rings is 2. The zero-order chi connectivity index (χ0) is 17.5. The number of fused-ring (bicyclic) bond motifs is 9. The number of rotatable bonds is 0. The molecule has 0 amide bonds. The summed E-state index contributed by atoms with van der Waals surface area (Å²) in [4.78, 5) is 9.36. The molecule has 1 aliphatic rings. The molecule has 0 atom stereocenters. The predicted octanol–water partition coefficient (Wildman–Crippen LogP) is 5.84. The van der Waals surface area contributed by atoms with Crippen LogP contribution in [0.25, 0.3) is 44.1 Å². The molecule has 0 unspecified atom stereocenters. The predicted molar refractivity (Wildman–Crippen MR) is 104 cm³/mol. The third-order valence-electron chi connectivity index (χ3n) is 5.73. The van der Waals surface area contributed by atoms with Gasteiger partial charge in [0, 0.05) is 34.1 Å². The Hall–Kier alpha value is -3.20. The van der Waals surface area contributed by atoms with E-state index in [-0.39, 0.29) is 5.41 Å². The molecule has 3 aromatic heterocycles. The Balaban J connectivity index is 1.89. The van der Waals surface area contributed by atoms with Crippen molar-refractivity contribution in [1.82, 2.24) is 9.97 Å². The minimum absolute atomic E-state index is 0.133. The summed E-state index contributed by atoms with van der Waals surface area (Å²) in [5, 5.41) is 3.41. The molecule has 0 spiro atoms. The zero-order valence-electron chi connectivity index (χ0n) is 14.6. The topological polar surface area (TPSA) is 38.9 Å². The van der Waals surface area contributed by atoms with Crippen LogP contribution in [-0.2, 0) is 5.41 Å². The van der Waals surface area contributed by atoms with E-state index >= 15 is 0 Å². The standard InChI is InChI=1S/C23H16N2O/c1-23(2)15-6-4-12-25-22(15)14-8-10-16-18(20(14)23)19-17(26-16)9-7-13-5-3-11-24-21(13)19/h3-12H,1-2H3. The van der Waals surface area contributed by atoms with Crippen molar-refractivity contribution >= 4 is 32.8 Å². The molecule has 3 heteroatoms. The first kappa shape index (κ1) is 14.0. The molecule has 1 aliphatic carbocycles. The minimum atomic E-state index is -0.133. The van der Waals surface area contributed by atoms with E-state index in [1.165, 1.54) is 22.1 Å². The molecule has 2 aromatic carbocycles. The monoisotopic (exact) mass is 336 g/mol. The first-order chi connectivity index (χ1) is 12.7. The molecule has 0 saturated heterocycles. The molecule has 0 N–H and O–H groups in total. The van der Waals surface area contributed by atoms with Crippen molar-refractivity contribution in [3.8, 4) is 11.3 Å². The van der Waals surface area contributed by atoms with Crippen molar-refractivity contribution in [2.75, 3.05) is 0 Å². The van der Waals surface area contributed by atoms with Gasteiger partial charge in [0.2, 0.25) is 0 Å². The molecular weight excluding hydrogens is 320 g/mol. The Kier molecular flexibility index (Phi) is 2.42. The van der Waals surface area contributed by atoms with Crippen LogP contribution in [0.5, 0.6) is 0 Å². The normalized spacial score (nSPS) is 14.8. The number of hydrogen-bond donors (Lipinski definition) is 0. The first-order valence-electron chi connectivity index (χ1n) is 8.85. The van der Waals surface area contributed by atoms with Gasteiger partial charge in [-0.2, -0.15) is 0 Å². The van der Waals surface area contributed by atoms with Crippen LogP contribution in [0.3, 0.4) is 0 Å². The van der Waals surface area contributed by atoms with Crippen molar-refractivity contribution in [1.29, 1.82) is 0 Å². The largest absolute Gasteiger partial charge is 0.456 e. The van der Waals surface area contributed by atoms with Crippen LogP contribution in [0.15, 0.2) is 65.3 Å². The van der Waals surface area contributed by atoms with E-state index in [9.17, 15) is 0 Å². The third-order valence-corrected chi connectivity index (χ3v) is 5.73. The average Bonchev–Trinajstić information content (AvgIpc) is 3.15. The van der Waals surface area contributed by atoms with Crippen LogP contribution in [-0.4, -0.2) is 9.97 Å². The van der Waals surface area contributed by atoms with Crippen molar-refractivity contribution in [2.45, 2.75) is 19.3 Å². The average molecular weight is 336 g/mol. The van der Waals surface area contributed by atoms with Crippen LogP contribution in [0.4, 0.5) is 0 Å². The van der Waals surface area contributed by atoms with Crippen molar-refractivity contribution < 1.29 is 4.42 Å².